The summed E-state index contributed by atoms with van der Waals surface area (Å²) in [5, 5.41) is 6.89. The number of carbonyl (C=O) groups is 1. The van der Waals surface area contributed by atoms with E-state index in [1.54, 1.807) is 42.7 Å². The lowest BCUT2D eigenvalue weighted by Crippen LogP contribution is -2.29. The Bertz CT molecular complexity index is 922. The van der Waals surface area contributed by atoms with Crippen LogP contribution in [0.4, 0.5) is 5.82 Å². The predicted molar refractivity (Wildman–Crippen MR) is 89.3 cm³/mol. The van der Waals surface area contributed by atoms with E-state index in [4.69, 9.17) is 0 Å². The summed E-state index contributed by atoms with van der Waals surface area (Å²) in [6, 6.07) is 11.9. The Morgan fingerprint density at radius 3 is 2.67 bits per heavy atom. The number of pyridine rings is 2. The third-order valence-corrected chi connectivity index (χ3v) is 3.29. The van der Waals surface area contributed by atoms with Crippen LogP contribution >= 0.6 is 0 Å². The van der Waals surface area contributed by atoms with Crippen molar-refractivity contribution in [2.45, 2.75) is 13.5 Å². The molecule has 7 heteroatoms. The molecule has 0 spiro atoms. The Balaban J connectivity index is 1.79. The zero-order valence-corrected chi connectivity index (χ0v) is 13.0. The van der Waals surface area contributed by atoms with Gasteiger partial charge >= 0.3 is 0 Å². The van der Waals surface area contributed by atoms with Gasteiger partial charge in [-0.3, -0.25) is 14.6 Å². The summed E-state index contributed by atoms with van der Waals surface area (Å²) < 4.78 is 1.13. The van der Waals surface area contributed by atoms with Gasteiger partial charge < -0.3 is 5.32 Å². The summed E-state index contributed by atoms with van der Waals surface area (Å²) in [5.74, 6) is 0.0768. The van der Waals surface area contributed by atoms with E-state index in [0.717, 1.165) is 15.9 Å². The highest BCUT2D eigenvalue weighted by Gasteiger charge is 2.09. The van der Waals surface area contributed by atoms with Gasteiger partial charge in [0, 0.05) is 29.7 Å². The number of aryl methyl sites for hydroxylation is 1. The van der Waals surface area contributed by atoms with E-state index in [1.165, 1.54) is 6.07 Å². The van der Waals surface area contributed by atoms with Crippen molar-refractivity contribution in [1.82, 2.24) is 19.7 Å². The predicted octanol–water partition coefficient (Wildman–Crippen LogP) is 1.65. The number of nitrogens with zero attached hydrogens (tertiary/aromatic N) is 4. The van der Waals surface area contributed by atoms with Crippen LogP contribution in [-0.2, 0) is 11.3 Å². The molecule has 0 unspecified atom stereocenters. The molecule has 7 nitrogen and oxygen atoms in total. The fourth-order valence-electron chi connectivity index (χ4n) is 2.17. The molecule has 0 fully saturated rings. The van der Waals surface area contributed by atoms with Crippen LogP contribution < -0.4 is 10.9 Å². The summed E-state index contributed by atoms with van der Waals surface area (Å²) in [6.45, 7) is 1.65. The summed E-state index contributed by atoms with van der Waals surface area (Å²) in [7, 11) is 0. The molecule has 120 valence electrons. The molecule has 0 atom stereocenters. The molecule has 0 aromatic carbocycles. The molecule has 0 saturated carbocycles. The van der Waals surface area contributed by atoms with Gasteiger partial charge in [-0.25, -0.2) is 9.67 Å². The van der Waals surface area contributed by atoms with E-state index >= 15 is 0 Å². The van der Waals surface area contributed by atoms with Gasteiger partial charge in [-0.1, -0.05) is 6.07 Å². The summed E-state index contributed by atoms with van der Waals surface area (Å²) in [5.41, 5.74) is 1.86. The molecule has 0 aliphatic heterocycles. The van der Waals surface area contributed by atoms with Gasteiger partial charge in [0.15, 0.2) is 0 Å². The van der Waals surface area contributed by atoms with Gasteiger partial charge in [0.25, 0.3) is 5.56 Å². The number of anilines is 1. The minimum absolute atomic E-state index is 0.187. The van der Waals surface area contributed by atoms with Crippen molar-refractivity contribution in [2.24, 2.45) is 0 Å². The van der Waals surface area contributed by atoms with Crippen molar-refractivity contribution in [3.63, 3.8) is 0 Å². The fourth-order valence-corrected chi connectivity index (χ4v) is 2.17. The minimum Gasteiger partial charge on any atom is -0.309 e. The third kappa shape index (κ3) is 3.70. The van der Waals surface area contributed by atoms with Crippen molar-refractivity contribution in [3.8, 4) is 11.3 Å². The average molecular weight is 321 g/mol. The van der Waals surface area contributed by atoms with Gasteiger partial charge in [0.05, 0.1) is 5.69 Å². The molecule has 24 heavy (non-hydrogen) atoms. The molecule has 3 aromatic rings. The summed E-state index contributed by atoms with van der Waals surface area (Å²) in [4.78, 5) is 32.2. The molecule has 3 heterocycles. The van der Waals surface area contributed by atoms with Crippen LogP contribution in [0.25, 0.3) is 11.3 Å². The normalized spacial score (nSPS) is 10.4. The zero-order valence-electron chi connectivity index (χ0n) is 13.0. The molecular formula is C17H15N5O2. The first kappa shape index (κ1) is 15.5. The van der Waals surface area contributed by atoms with E-state index in [2.05, 4.69) is 20.4 Å². The zero-order chi connectivity index (χ0) is 16.9. The Morgan fingerprint density at radius 2 is 1.92 bits per heavy atom. The van der Waals surface area contributed by atoms with Crippen LogP contribution in [0.5, 0.6) is 0 Å². The molecule has 0 saturated heterocycles. The van der Waals surface area contributed by atoms with Gasteiger partial charge in [-0.2, -0.15) is 5.10 Å². The second kappa shape index (κ2) is 6.82. The maximum atomic E-state index is 12.1. The minimum atomic E-state index is -0.366. The van der Waals surface area contributed by atoms with Gasteiger partial charge in [0.2, 0.25) is 5.91 Å². The molecular weight excluding hydrogens is 306 g/mol. The molecule has 0 aliphatic carbocycles. The third-order valence-electron chi connectivity index (χ3n) is 3.29. The van der Waals surface area contributed by atoms with E-state index in [1.807, 2.05) is 13.0 Å². The van der Waals surface area contributed by atoms with Crippen molar-refractivity contribution in [1.29, 1.82) is 0 Å². The number of nitrogens with one attached hydrogen (secondary N) is 1. The number of carbonyl (C=O) groups excluding carboxylic acids is 1. The Hall–Kier alpha value is -3.35. The highest BCUT2D eigenvalue weighted by molar-refractivity contribution is 5.89. The molecule has 3 rings (SSSR count). The molecule has 0 radical (unpaired) electrons. The largest absolute Gasteiger partial charge is 0.309 e. The van der Waals surface area contributed by atoms with Gasteiger partial charge in [0.1, 0.15) is 12.4 Å². The number of hydrogen-bond donors (Lipinski definition) is 1. The molecule has 3 aromatic heterocycles. The Kier molecular flexibility index (Phi) is 4.42. The van der Waals surface area contributed by atoms with E-state index in [-0.39, 0.29) is 18.0 Å². The standard InChI is InChI=1S/C17H15N5O2/c1-12-3-2-4-15(19-12)20-16(23)11-22-17(24)6-5-14(21-22)13-7-9-18-10-8-13/h2-10H,11H2,1H3,(H,19,20,23). The topological polar surface area (TPSA) is 89.8 Å². The lowest BCUT2D eigenvalue weighted by atomic mass is 10.2. The number of hydrogen-bond acceptors (Lipinski definition) is 5. The maximum absolute atomic E-state index is 12.1. The SMILES string of the molecule is Cc1cccc(NC(=O)Cn2nc(-c3ccncc3)ccc2=O)n1. The molecule has 0 bridgehead atoms. The van der Waals surface area contributed by atoms with E-state index in [9.17, 15) is 9.59 Å². The van der Waals surface area contributed by atoms with Crippen molar-refractivity contribution in [2.75, 3.05) is 5.32 Å². The lowest BCUT2D eigenvalue weighted by molar-refractivity contribution is -0.117. The van der Waals surface area contributed by atoms with E-state index < -0.39 is 0 Å². The molecule has 1 N–H and O–H groups in total. The van der Waals surface area contributed by atoms with Crippen molar-refractivity contribution in [3.05, 3.63) is 70.9 Å². The fraction of sp³-hybridized carbons (Fsp3) is 0.118. The maximum Gasteiger partial charge on any atom is 0.267 e. The number of amides is 1. The summed E-state index contributed by atoms with van der Waals surface area (Å²) >= 11 is 0. The monoisotopic (exact) mass is 321 g/mol. The molecule has 0 aliphatic rings. The van der Waals surface area contributed by atoms with Crippen LogP contribution in [0, 0.1) is 6.92 Å². The Morgan fingerprint density at radius 1 is 1.12 bits per heavy atom. The average Bonchev–Trinajstić information content (AvgIpc) is 2.57. The lowest BCUT2D eigenvalue weighted by Gasteiger charge is -2.08. The molecule has 1 amide bonds. The van der Waals surface area contributed by atoms with Crippen LogP contribution in [0.15, 0.2) is 59.7 Å². The number of aromatic nitrogens is 4. The highest BCUT2D eigenvalue weighted by atomic mass is 16.2. The smallest absolute Gasteiger partial charge is 0.267 e. The van der Waals surface area contributed by atoms with Crippen LogP contribution in [0.2, 0.25) is 0 Å². The number of rotatable bonds is 4. The van der Waals surface area contributed by atoms with Crippen molar-refractivity contribution >= 4 is 11.7 Å². The van der Waals surface area contributed by atoms with Gasteiger partial charge in [-0.15, -0.1) is 0 Å². The Labute approximate surface area is 138 Å². The first-order valence-corrected chi connectivity index (χ1v) is 7.34. The van der Waals surface area contributed by atoms with Crippen LogP contribution in [0.1, 0.15) is 5.69 Å². The quantitative estimate of drug-likeness (QED) is 0.789. The van der Waals surface area contributed by atoms with E-state index in [0.29, 0.717) is 11.5 Å². The summed E-state index contributed by atoms with van der Waals surface area (Å²) in [6.07, 6.45) is 3.28. The van der Waals surface area contributed by atoms with Crippen LogP contribution in [-0.4, -0.2) is 25.7 Å². The van der Waals surface area contributed by atoms with Crippen molar-refractivity contribution < 1.29 is 4.79 Å². The first-order chi connectivity index (χ1) is 11.6. The van der Waals surface area contributed by atoms with Crippen LogP contribution in [0.3, 0.4) is 0 Å². The van der Waals surface area contributed by atoms with Gasteiger partial charge in [-0.05, 0) is 37.3 Å². The first-order valence-electron chi connectivity index (χ1n) is 7.34. The highest BCUT2D eigenvalue weighted by Crippen LogP contribution is 2.13. The second-order valence-corrected chi connectivity index (χ2v) is 5.16. The second-order valence-electron chi connectivity index (χ2n) is 5.16.